The number of benzene rings is 1. The first-order chi connectivity index (χ1) is 8.08. The predicted octanol–water partition coefficient (Wildman–Crippen LogP) is 0.729. The molecule has 1 amide bonds. The molecule has 0 saturated heterocycles. The molecular weight excluding hydrogens is 222 g/mol. The highest BCUT2D eigenvalue weighted by Crippen LogP contribution is 2.38. The van der Waals surface area contributed by atoms with Gasteiger partial charge in [-0.2, -0.15) is 0 Å². The lowest BCUT2D eigenvalue weighted by Crippen LogP contribution is -2.25. The van der Waals surface area contributed by atoms with Crippen LogP contribution in [0.2, 0.25) is 0 Å². The molecule has 1 aromatic carbocycles. The van der Waals surface area contributed by atoms with Crippen LogP contribution in [0, 0.1) is 11.8 Å². The van der Waals surface area contributed by atoms with Gasteiger partial charge >= 0.3 is 5.97 Å². The fraction of sp³-hybridized carbons (Fsp3) is 0.333. The predicted molar refractivity (Wildman–Crippen MR) is 59.2 cm³/mol. The summed E-state index contributed by atoms with van der Waals surface area (Å²) in [5.41, 5.74) is 0.865. The highest BCUT2D eigenvalue weighted by Gasteiger charge is 2.48. The lowest BCUT2D eigenvalue weighted by atomic mass is 10.2. The van der Waals surface area contributed by atoms with Crippen molar-refractivity contribution in [2.24, 2.45) is 11.8 Å². The van der Waals surface area contributed by atoms with E-state index < -0.39 is 11.9 Å². The minimum absolute atomic E-state index is 0.174. The van der Waals surface area contributed by atoms with Gasteiger partial charge in [0.25, 0.3) is 0 Å². The lowest BCUT2D eigenvalue weighted by Gasteiger charge is -2.04. The van der Waals surface area contributed by atoms with Gasteiger partial charge in [0, 0.05) is 6.54 Å². The highest BCUT2D eigenvalue weighted by atomic mass is 16.4. The van der Waals surface area contributed by atoms with E-state index in [1.54, 1.807) is 24.3 Å². The van der Waals surface area contributed by atoms with E-state index in [0.29, 0.717) is 13.0 Å². The molecule has 5 nitrogen and oxygen atoms in total. The van der Waals surface area contributed by atoms with Gasteiger partial charge in [0.1, 0.15) is 5.75 Å². The second kappa shape index (κ2) is 4.45. The molecule has 2 rings (SSSR count). The maximum Gasteiger partial charge on any atom is 0.307 e. The van der Waals surface area contributed by atoms with E-state index in [2.05, 4.69) is 5.32 Å². The maximum absolute atomic E-state index is 11.5. The van der Waals surface area contributed by atoms with Crippen LogP contribution in [-0.4, -0.2) is 22.1 Å². The Bertz CT molecular complexity index is 440. The van der Waals surface area contributed by atoms with Crippen LogP contribution in [-0.2, 0) is 16.1 Å². The van der Waals surface area contributed by atoms with Crippen LogP contribution >= 0.6 is 0 Å². The fourth-order valence-electron chi connectivity index (χ4n) is 1.69. The Morgan fingerprint density at radius 3 is 2.41 bits per heavy atom. The van der Waals surface area contributed by atoms with Gasteiger partial charge in [0.05, 0.1) is 11.8 Å². The molecule has 0 spiro atoms. The molecule has 17 heavy (non-hydrogen) atoms. The summed E-state index contributed by atoms with van der Waals surface area (Å²) in [6.45, 7) is 0.349. The number of carboxylic acid groups (broad SMARTS) is 1. The molecule has 1 aromatic rings. The third-order valence-electron chi connectivity index (χ3n) is 2.85. The van der Waals surface area contributed by atoms with E-state index in [1.165, 1.54) is 0 Å². The molecule has 3 N–H and O–H groups in total. The van der Waals surface area contributed by atoms with E-state index in [-0.39, 0.29) is 17.6 Å². The zero-order chi connectivity index (χ0) is 12.4. The third kappa shape index (κ3) is 2.75. The molecular formula is C12H13NO4. The van der Waals surface area contributed by atoms with Gasteiger partial charge in [-0.3, -0.25) is 9.59 Å². The van der Waals surface area contributed by atoms with Crippen molar-refractivity contribution >= 4 is 11.9 Å². The first-order valence-electron chi connectivity index (χ1n) is 5.36. The van der Waals surface area contributed by atoms with Crippen LogP contribution in [0.4, 0.5) is 0 Å². The van der Waals surface area contributed by atoms with Crippen molar-refractivity contribution in [1.82, 2.24) is 5.32 Å². The Morgan fingerprint density at radius 2 is 1.88 bits per heavy atom. The monoisotopic (exact) mass is 235 g/mol. The van der Waals surface area contributed by atoms with Crippen LogP contribution < -0.4 is 5.32 Å². The highest BCUT2D eigenvalue weighted by molar-refractivity contribution is 5.89. The summed E-state index contributed by atoms with van der Waals surface area (Å²) >= 11 is 0. The molecule has 5 heteroatoms. The Kier molecular flexibility index (Phi) is 2.99. The zero-order valence-electron chi connectivity index (χ0n) is 9.09. The van der Waals surface area contributed by atoms with E-state index >= 15 is 0 Å². The molecule has 0 aromatic heterocycles. The largest absolute Gasteiger partial charge is 0.508 e. The molecule has 0 heterocycles. The van der Waals surface area contributed by atoms with Crippen LogP contribution in [0.25, 0.3) is 0 Å². The van der Waals surface area contributed by atoms with Crippen LogP contribution in [0.3, 0.4) is 0 Å². The van der Waals surface area contributed by atoms with Gasteiger partial charge in [-0.1, -0.05) is 12.1 Å². The fourth-order valence-corrected chi connectivity index (χ4v) is 1.69. The Balaban J connectivity index is 1.81. The number of hydrogen-bond donors (Lipinski definition) is 3. The van der Waals surface area contributed by atoms with E-state index in [9.17, 15) is 9.59 Å². The number of nitrogens with one attached hydrogen (secondary N) is 1. The van der Waals surface area contributed by atoms with Crippen molar-refractivity contribution < 1.29 is 19.8 Å². The zero-order valence-corrected chi connectivity index (χ0v) is 9.09. The average Bonchev–Trinajstić information content (AvgIpc) is 3.08. The topological polar surface area (TPSA) is 86.6 Å². The number of rotatable bonds is 4. The number of aliphatic carboxylic acids is 1. The summed E-state index contributed by atoms with van der Waals surface area (Å²) in [6, 6.07) is 6.49. The summed E-state index contributed by atoms with van der Waals surface area (Å²) in [4.78, 5) is 22.1. The van der Waals surface area contributed by atoms with Crippen molar-refractivity contribution in [3.05, 3.63) is 29.8 Å². The van der Waals surface area contributed by atoms with Gasteiger partial charge in [-0.25, -0.2) is 0 Å². The summed E-state index contributed by atoms with van der Waals surface area (Å²) < 4.78 is 0. The van der Waals surface area contributed by atoms with Gasteiger partial charge in [0.2, 0.25) is 5.91 Å². The number of aromatic hydroxyl groups is 1. The van der Waals surface area contributed by atoms with Crippen molar-refractivity contribution in [2.45, 2.75) is 13.0 Å². The quantitative estimate of drug-likeness (QED) is 0.718. The van der Waals surface area contributed by atoms with Crippen molar-refractivity contribution in [3.63, 3.8) is 0 Å². The molecule has 1 saturated carbocycles. The summed E-state index contributed by atoms with van der Waals surface area (Å²) in [6.07, 6.45) is 0.427. The number of phenols is 1. The lowest BCUT2D eigenvalue weighted by molar-refractivity contribution is -0.140. The average molecular weight is 235 g/mol. The van der Waals surface area contributed by atoms with Gasteiger partial charge in [-0.15, -0.1) is 0 Å². The number of amides is 1. The summed E-state index contributed by atoms with van der Waals surface area (Å²) in [5, 5.41) is 20.4. The van der Waals surface area contributed by atoms with E-state index in [1.807, 2.05) is 0 Å². The smallest absolute Gasteiger partial charge is 0.307 e. The molecule has 90 valence electrons. The number of carbonyl (C=O) groups excluding carboxylic acids is 1. The van der Waals surface area contributed by atoms with Crippen molar-refractivity contribution in [2.75, 3.05) is 0 Å². The SMILES string of the molecule is O=C(O)[C@H]1C[C@H]1C(=O)NCc1ccc(O)cc1. The molecule has 1 aliphatic rings. The Labute approximate surface area is 98.1 Å². The molecule has 0 radical (unpaired) electrons. The third-order valence-corrected chi connectivity index (χ3v) is 2.85. The first kappa shape index (κ1) is 11.4. The standard InChI is InChI=1S/C12H13NO4/c14-8-3-1-7(2-4-8)6-13-11(15)9-5-10(9)12(16)17/h1-4,9-10,14H,5-6H2,(H,13,15)(H,16,17)/t9-,10+/m1/s1. The minimum Gasteiger partial charge on any atom is -0.508 e. The van der Waals surface area contributed by atoms with E-state index in [4.69, 9.17) is 10.2 Å². The number of hydrogen-bond acceptors (Lipinski definition) is 3. The minimum atomic E-state index is -0.908. The second-order valence-corrected chi connectivity index (χ2v) is 4.17. The van der Waals surface area contributed by atoms with Crippen LogP contribution in [0.1, 0.15) is 12.0 Å². The number of phenolic OH excluding ortho intramolecular Hbond substituents is 1. The molecule has 0 unspecified atom stereocenters. The molecule has 0 bridgehead atoms. The van der Waals surface area contributed by atoms with Crippen molar-refractivity contribution in [1.29, 1.82) is 0 Å². The van der Waals surface area contributed by atoms with Crippen LogP contribution in [0.15, 0.2) is 24.3 Å². The van der Waals surface area contributed by atoms with E-state index in [0.717, 1.165) is 5.56 Å². The Morgan fingerprint density at radius 1 is 1.24 bits per heavy atom. The normalized spacial score (nSPS) is 21.9. The van der Waals surface area contributed by atoms with Gasteiger partial charge < -0.3 is 15.5 Å². The number of carbonyl (C=O) groups is 2. The molecule has 2 atom stereocenters. The summed E-state index contributed by atoms with van der Waals surface area (Å²) in [7, 11) is 0. The first-order valence-corrected chi connectivity index (χ1v) is 5.36. The molecule has 0 aliphatic heterocycles. The molecule has 1 aliphatic carbocycles. The van der Waals surface area contributed by atoms with Gasteiger partial charge in [-0.05, 0) is 24.1 Å². The Hall–Kier alpha value is -2.04. The number of carboxylic acids is 1. The van der Waals surface area contributed by atoms with Crippen molar-refractivity contribution in [3.8, 4) is 5.75 Å². The van der Waals surface area contributed by atoms with Gasteiger partial charge in [0.15, 0.2) is 0 Å². The summed E-state index contributed by atoms with van der Waals surface area (Å²) in [5.74, 6) is -1.85. The second-order valence-electron chi connectivity index (χ2n) is 4.17. The molecule has 1 fully saturated rings. The van der Waals surface area contributed by atoms with Crippen LogP contribution in [0.5, 0.6) is 5.75 Å². The maximum atomic E-state index is 11.5.